The first-order valence-electron chi connectivity index (χ1n) is 15.4. The molecule has 0 saturated carbocycles. The third kappa shape index (κ3) is 15.3. The van der Waals surface area contributed by atoms with Crippen molar-refractivity contribution in [3.05, 3.63) is 42.0 Å². The highest BCUT2D eigenvalue weighted by molar-refractivity contribution is 7.98. The summed E-state index contributed by atoms with van der Waals surface area (Å²) in [6, 6.07) is 5.47. The van der Waals surface area contributed by atoms with Crippen LogP contribution in [0.2, 0.25) is 0 Å². The summed E-state index contributed by atoms with van der Waals surface area (Å²) in [5.74, 6) is -0.556. The Hall–Kier alpha value is -3.01. The normalized spacial score (nSPS) is 12.5. The summed E-state index contributed by atoms with van der Waals surface area (Å²) in [5, 5.41) is 5.61. The second-order valence-corrected chi connectivity index (χ2v) is 12.4. The molecule has 1 aromatic carbocycles. The molecule has 0 aliphatic carbocycles. The molecule has 0 aliphatic rings. The smallest absolute Gasteiger partial charge is 0.408 e. The average Bonchev–Trinajstić information content (AvgIpc) is 2.95. The fourth-order valence-corrected chi connectivity index (χ4v) is 4.99. The Morgan fingerprint density at radius 3 is 2.40 bits per heavy atom. The summed E-state index contributed by atoms with van der Waals surface area (Å²) in [6.45, 7) is 13.7. The number of nitrogens with one attached hydrogen (secondary N) is 2. The highest BCUT2D eigenvalue weighted by Crippen LogP contribution is 2.26. The number of hydrogen-bond donors (Lipinski definition) is 2. The first kappa shape index (κ1) is 38.0. The highest BCUT2D eigenvalue weighted by Gasteiger charge is 2.36. The Bertz CT molecular complexity index is 1030. The lowest BCUT2D eigenvalue weighted by molar-refractivity contribution is -0.144. The van der Waals surface area contributed by atoms with Gasteiger partial charge in [0.1, 0.15) is 17.7 Å². The molecule has 2 N–H and O–H groups in total. The van der Waals surface area contributed by atoms with Crippen LogP contribution in [0.25, 0.3) is 6.08 Å². The van der Waals surface area contributed by atoms with E-state index in [2.05, 4.69) is 24.1 Å². The van der Waals surface area contributed by atoms with Gasteiger partial charge in [-0.1, -0.05) is 69.9 Å². The summed E-state index contributed by atoms with van der Waals surface area (Å²) in [6.07, 6.45) is 9.35. The quantitative estimate of drug-likeness (QED) is 0.131. The minimum absolute atomic E-state index is 0.0148. The van der Waals surface area contributed by atoms with Crippen molar-refractivity contribution in [3.63, 3.8) is 0 Å². The average molecular weight is 620 g/mol. The van der Waals surface area contributed by atoms with Crippen LogP contribution in [-0.2, 0) is 23.9 Å². The van der Waals surface area contributed by atoms with Gasteiger partial charge in [0.05, 0.1) is 13.0 Å². The van der Waals surface area contributed by atoms with E-state index >= 15 is 0 Å². The molecule has 0 bridgehead atoms. The zero-order valence-corrected chi connectivity index (χ0v) is 27.9. The molecular formula is C33H53N3O6S. The fraction of sp³-hybridized carbons (Fsp3) is 0.636. The minimum atomic E-state index is -0.984. The van der Waals surface area contributed by atoms with Crippen molar-refractivity contribution in [2.24, 2.45) is 0 Å². The van der Waals surface area contributed by atoms with Crippen LogP contribution in [0.1, 0.15) is 103 Å². The molecule has 9 nitrogen and oxygen atoms in total. The summed E-state index contributed by atoms with van der Waals surface area (Å²) in [5.41, 5.74) is 0.688. The van der Waals surface area contributed by atoms with Crippen molar-refractivity contribution >= 4 is 41.7 Å². The van der Waals surface area contributed by atoms with Gasteiger partial charge in [-0.25, -0.2) is 4.79 Å². The molecule has 242 valence electrons. The van der Waals surface area contributed by atoms with E-state index in [-0.39, 0.29) is 25.5 Å². The molecule has 3 amide bonds. The molecule has 0 saturated heterocycles. The van der Waals surface area contributed by atoms with Crippen LogP contribution < -0.4 is 10.6 Å². The van der Waals surface area contributed by atoms with Gasteiger partial charge in [-0.2, -0.15) is 11.8 Å². The molecule has 1 aromatic rings. The molecule has 1 rings (SSSR count). The number of thioether (sulfide) groups is 1. The Balaban J connectivity index is 3.46. The van der Waals surface area contributed by atoms with E-state index in [0.29, 0.717) is 30.7 Å². The summed E-state index contributed by atoms with van der Waals surface area (Å²) >= 11 is 1.57. The number of carbonyl (C=O) groups is 4. The highest BCUT2D eigenvalue weighted by atomic mass is 32.2. The van der Waals surface area contributed by atoms with E-state index < -0.39 is 35.7 Å². The minimum Gasteiger partial charge on any atom is -0.466 e. The van der Waals surface area contributed by atoms with Crippen LogP contribution >= 0.6 is 11.8 Å². The Kier molecular flexibility index (Phi) is 18.4. The van der Waals surface area contributed by atoms with Crippen molar-refractivity contribution in [1.29, 1.82) is 0 Å². The van der Waals surface area contributed by atoms with Gasteiger partial charge in [0.15, 0.2) is 0 Å². The summed E-state index contributed by atoms with van der Waals surface area (Å²) < 4.78 is 10.5. The number of unbranched alkanes of at least 4 members (excludes halogenated alkanes) is 5. The maximum absolute atomic E-state index is 14.3. The van der Waals surface area contributed by atoms with Crippen LogP contribution in [0.4, 0.5) is 4.79 Å². The fourth-order valence-electron chi connectivity index (χ4n) is 4.52. The zero-order chi connectivity index (χ0) is 32.3. The number of benzene rings is 1. The van der Waals surface area contributed by atoms with Crippen LogP contribution in [0, 0.1) is 0 Å². The van der Waals surface area contributed by atoms with Gasteiger partial charge in [-0.05, 0) is 69.7 Å². The number of hydrogen-bond acceptors (Lipinski definition) is 7. The van der Waals surface area contributed by atoms with Gasteiger partial charge >= 0.3 is 12.1 Å². The maximum Gasteiger partial charge on any atom is 0.408 e. The molecule has 2 unspecified atom stereocenters. The van der Waals surface area contributed by atoms with Crippen LogP contribution in [-0.4, -0.2) is 72.1 Å². The van der Waals surface area contributed by atoms with E-state index in [1.54, 1.807) is 50.4 Å². The zero-order valence-electron chi connectivity index (χ0n) is 27.0. The topological polar surface area (TPSA) is 114 Å². The lowest BCUT2D eigenvalue weighted by Gasteiger charge is -2.34. The molecule has 0 fully saturated rings. The van der Waals surface area contributed by atoms with E-state index in [1.807, 2.05) is 30.5 Å². The summed E-state index contributed by atoms with van der Waals surface area (Å²) in [7, 11) is 0. The molecular weight excluding hydrogens is 566 g/mol. The molecule has 0 aromatic heterocycles. The Labute approximate surface area is 262 Å². The largest absolute Gasteiger partial charge is 0.466 e. The van der Waals surface area contributed by atoms with Gasteiger partial charge < -0.3 is 25.0 Å². The number of esters is 1. The van der Waals surface area contributed by atoms with Crippen molar-refractivity contribution in [2.75, 3.05) is 31.7 Å². The molecule has 0 spiro atoms. The van der Waals surface area contributed by atoms with E-state index in [0.717, 1.165) is 37.7 Å². The maximum atomic E-state index is 14.3. The third-order valence-corrected chi connectivity index (χ3v) is 7.24. The van der Waals surface area contributed by atoms with Gasteiger partial charge in [0.2, 0.25) is 11.8 Å². The third-order valence-electron chi connectivity index (χ3n) is 6.59. The SMILES string of the molecule is C=Cc1cccc(C(C(=O)NCCC(=O)OCC)N(CCCCCCCC)C(=O)C(CCSC)NC(=O)OC(C)(C)C)c1. The number of nitrogens with zero attached hydrogens (tertiary/aromatic N) is 1. The number of amides is 3. The van der Waals surface area contributed by atoms with E-state index in [1.165, 1.54) is 0 Å². The molecule has 43 heavy (non-hydrogen) atoms. The number of alkyl carbamates (subject to hydrolysis) is 1. The van der Waals surface area contributed by atoms with Gasteiger partial charge in [-0.3, -0.25) is 14.4 Å². The monoisotopic (exact) mass is 619 g/mol. The Morgan fingerprint density at radius 2 is 1.77 bits per heavy atom. The second kappa shape index (κ2) is 20.8. The first-order chi connectivity index (χ1) is 20.5. The molecule has 10 heteroatoms. The van der Waals surface area contributed by atoms with Gasteiger partial charge in [0.25, 0.3) is 0 Å². The van der Waals surface area contributed by atoms with Crippen LogP contribution in [0.5, 0.6) is 0 Å². The molecule has 0 heterocycles. The number of carbonyl (C=O) groups excluding carboxylic acids is 4. The molecule has 0 radical (unpaired) electrons. The first-order valence-corrected chi connectivity index (χ1v) is 16.8. The van der Waals surface area contributed by atoms with Crippen molar-refractivity contribution < 1.29 is 28.7 Å². The molecule has 2 atom stereocenters. The van der Waals surface area contributed by atoms with Crippen molar-refractivity contribution in [3.8, 4) is 0 Å². The van der Waals surface area contributed by atoms with Crippen LogP contribution in [0.3, 0.4) is 0 Å². The van der Waals surface area contributed by atoms with E-state index in [4.69, 9.17) is 9.47 Å². The Morgan fingerprint density at radius 1 is 1.07 bits per heavy atom. The number of ether oxygens (including phenoxy) is 2. The van der Waals surface area contributed by atoms with Gasteiger partial charge in [0, 0.05) is 13.1 Å². The van der Waals surface area contributed by atoms with E-state index in [9.17, 15) is 19.2 Å². The van der Waals surface area contributed by atoms with Crippen LogP contribution in [0.15, 0.2) is 30.8 Å². The number of rotatable bonds is 20. The molecule has 0 aliphatic heterocycles. The van der Waals surface area contributed by atoms with Crippen molar-refractivity contribution in [1.82, 2.24) is 15.5 Å². The summed E-state index contributed by atoms with van der Waals surface area (Å²) in [4.78, 5) is 54.5. The van der Waals surface area contributed by atoms with Crippen molar-refractivity contribution in [2.45, 2.75) is 104 Å². The standard InChI is InChI=1S/C33H53N3O6S/c1-8-11-12-13-14-15-22-36(31(39)27(20-23-43-7)35-32(40)42-33(4,5)6)29(26-18-16-17-25(9-2)24-26)30(38)34-21-19-28(37)41-10-3/h9,16-18,24,27,29H,2,8,10-15,19-23H2,1,3-7H3,(H,34,38)(H,35,40). The van der Waals surface area contributed by atoms with Gasteiger partial charge in [-0.15, -0.1) is 0 Å². The predicted molar refractivity (Wildman–Crippen MR) is 175 cm³/mol. The predicted octanol–water partition coefficient (Wildman–Crippen LogP) is 6.28. The lowest BCUT2D eigenvalue weighted by atomic mass is 9.99. The second-order valence-electron chi connectivity index (χ2n) is 11.4. The lowest BCUT2D eigenvalue weighted by Crippen LogP contribution is -2.53.